The number of hydrogen-bond acceptors (Lipinski definition) is 11. The lowest BCUT2D eigenvalue weighted by atomic mass is 10.3. The maximum Gasteiger partial charge on any atom is 0.306 e. The molecule has 26 heavy (non-hydrogen) atoms. The molecule has 0 radical (unpaired) electrons. The number of ether oxygens (including phenoxy) is 1. The number of carbonyl (C=O) groups is 1. The molecule has 11 heteroatoms. The van der Waals surface area contributed by atoms with Crippen molar-refractivity contribution in [1.29, 1.82) is 0 Å². The van der Waals surface area contributed by atoms with Crippen LogP contribution in [0.25, 0.3) is 11.4 Å². The molecule has 0 amide bonds. The van der Waals surface area contributed by atoms with Gasteiger partial charge >= 0.3 is 5.97 Å². The van der Waals surface area contributed by atoms with Gasteiger partial charge in [-0.05, 0) is 11.4 Å². The number of aromatic nitrogens is 5. The largest absolute Gasteiger partial charge is 0.457 e. The number of nitrogens with zero attached hydrogens (tertiary/aromatic N) is 6. The Balaban J connectivity index is 1.50. The maximum atomic E-state index is 11.9. The first-order valence-corrected chi connectivity index (χ1v) is 8.64. The third-order valence-electron chi connectivity index (χ3n) is 3.24. The summed E-state index contributed by atoms with van der Waals surface area (Å²) in [7, 11) is 3.55. The SMILES string of the molecule is CN(C)c1nc(N)nc(COC(=O)CCc2nc(-c3ccsc3)no2)n1. The molecule has 0 aromatic carbocycles. The van der Waals surface area contributed by atoms with Crippen molar-refractivity contribution in [3.8, 4) is 11.4 Å². The normalized spacial score (nSPS) is 10.7. The number of nitrogens with two attached hydrogens (primary N) is 1. The van der Waals surface area contributed by atoms with Gasteiger partial charge in [0, 0.05) is 31.5 Å². The average molecular weight is 375 g/mol. The summed E-state index contributed by atoms with van der Waals surface area (Å²) in [6.45, 7) is -0.0869. The predicted octanol–water partition coefficient (Wildman–Crippen LogP) is 1.31. The number of hydrogen-bond donors (Lipinski definition) is 1. The molecule has 0 saturated carbocycles. The molecule has 2 N–H and O–H groups in total. The second-order valence-corrected chi connectivity index (χ2v) is 6.27. The average Bonchev–Trinajstić information content (AvgIpc) is 3.28. The van der Waals surface area contributed by atoms with E-state index in [4.69, 9.17) is 15.0 Å². The molecular weight excluding hydrogens is 358 g/mol. The quantitative estimate of drug-likeness (QED) is 0.602. The Bertz CT molecular complexity index is 879. The molecule has 3 heterocycles. The van der Waals surface area contributed by atoms with Crippen LogP contribution in [0.5, 0.6) is 0 Å². The molecule has 10 nitrogen and oxygen atoms in total. The van der Waals surface area contributed by atoms with E-state index in [2.05, 4.69) is 25.1 Å². The van der Waals surface area contributed by atoms with E-state index >= 15 is 0 Å². The third kappa shape index (κ3) is 4.51. The van der Waals surface area contributed by atoms with Gasteiger partial charge in [0.2, 0.25) is 23.6 Å². The lowest BCUT2D eigenvalue weighted by Gasteiger charge is -2.11. The number of carbonyl (C=O) groups excluding carboxylic acids is 1. The molecule has 0 saturated heterocycles. The fourth-order valence-corrected chi connectivity index (χ4v) is 2.62. The van der Waals surface area contributed by atoms with Crippen molar-refractivity contribution in [2.75, 3.05) is 24.7 Å². The zero-order valence-electron chi connectivity index (χ0n) is 14.2. The van der Waals surface area contributed by atoms with Crippen molar-refractivity contribution in [3.05, 3.63) is 28.5 Å². The van der Waals surface area contributed by atoms with Gasteiger partial charge in [-0.25, -0.2) is 0 Å². The zero-order valence-corrected chi connectivity index (χ0v) is 15.1. The van der Waals surface area contributed by atoms with Crippen LogP contribution in [0.3, 0.4) is 0 Å². The van der Waals surface area contributed by atoms with Gasteiger partial charge in [0.15, 0.2) is 12.4 Å². The monoisotopic (exact) mass is 375 g/mol. The minimum atomic E-state index is -0.425. The van der Waals surface area contributed by atoms with Crippen molar-refractivity contribution in [2.45, 2.75) is 19.4 Å². The van der Waals surface area contributed by atoms with Gasteiger partial charge in [-0.2, -0.15) is 31.3 Å². The molecule has 0 aliphatic heterocycles. The molecule has 3 aromatic heterocycles. The summed E-state index contributed by atoms with van der Waals surface area (Å²) in [5.74, 6) is 1.21. The molecule has 136 valence electrons. The van der Waals surface area contributed by atoms with Crippen LogP contribution in [-0.2, 0) is 22.6 Å². The molecule has 0 fully saturated rings. The summed E-state index contributed by atoms with van der Waals surface area (Å²) in [5.41, 5.74) is 6.51. The standard InChI is InChI=1S/C15H17N7O3S/c1-22(2)15-18-10(17-14(16)20-15)7-24-12(23)4-3-11-19-13(21-25-11)9-5-6-26-8-9/h5-6,8H,3-4,7H2,1-2H3,(H2,16,17,18,20). The highest BCUT2D eigenvalue weighted by Gasteiger charge is 2.13. The van der Waals surface area contributed by atoms with Crippen molar-refractivity contribution in [2.24, 2.45) is 0 Å². The van der Waals surface area contributed by atoms with E-state index in [0.717, 1.165) is 5.56 Å². The van der Waals surface area contributed by atoms with E-state index in [-0.39, 0.29) is 31.2 Å². The molecule has 0 bridgehead atoms. The van der Waals surface area contributed by atoms with Gasteiger partial charge in [-0.3, -0.25) is 4.79 Å². The van der Waals surface area contributed by atoms with Gasteiger partial charge < -0.3 is 19.9 Å². The number of aryl methyl sites for hydroxylation is 1. The van der Waals surface area contributed by atoms with Crippen LogP contribution in [0.2, 0.25) is 0 Å². The van der Waals surface area contributed by atoms with E-state index in [1.165, 1.54) is 0 Å². The summed E-state index contributed by atoms with van der Waals surface area (Å²) in [4.78, 5) is 29.9. The first-order chi connectivity index (χ1) is 12.5. The number of thiophene rings is 1. The minimum absolute atomic E-state index is 0.0709. The van der Waals surface area contributed by atoms with Crippen LogP contribution in [0.15, 0.2) is 21.3 Å². The van der Waals surface area contributed by atoms with Crippen LogP contribution in [0.4, 0.5) is 11.9 Å². The van der Waals surface area contributed by atoms with Crippen molar-refractivity contribution < 1.29 is 14.1 Å². The summed E-state index contributed by atoms with van der Waals surface area (Å²) in [5, 5.41) is 7.74. The number of rotatable bonds is 7. The second kappa shape index (κ2) is 7.87. The van der Waals surface area contributed by atoms with E-state index in [0.29, 0.717) is 17.7 Å². The van der Waals surface area contributed by atoms with Gasteiger partial charge in [0.1, 0.15) is 0 Å². The lowest BCUT2D eigenvalue weighted by Crippen LogP contribution is -2.17. The molecule has 0 aliphatic carbocycles. The molecule has 3 aromatic rings. The molecular formula is C15H17N7O3S. The fourth-order valence-electron chi connectivity index (χ4n) is 1.98. The smallest absolute Gasteiger partial charge is 0.306 e. The Labute approximate surface area is 153 Å². The summed E-state index contributed by atoms with van der Waals surface area (Å²) < 4.78 is 10.3. The zero-order chi connectivity index (χ0) is 18.5. The number of esters is 1. The van der Waals surface area contributed by atoms with Crippen LogP contribution in [-0.4, -0.2) is 45.2 Å². The summed E-state index contributed by atoms with van der Waals surface area (Å²) >= 11 is 1.55. The highest BCUT2D eigenvalue weighted by Crippen LogP contribution is 2.19. The molecule has 0 atom stereocenters. The van der Waals surface area contributed by atoms with Crippen LogP contribution < -0.4 is 10.6 Å². The topological polar surface area (TPSA) is 133 Å². The van der Waals surface area contributed by atoms with Crippen LogP contribution in [0, 0.1) is 0 Å². The second-order valence-electron chi connectivity index (χ2n) is 5.49. The van der Waals surface area contributed by atoms with Crippen molar-refractivity contribution in [3.63, 3.8) is 0 Å². The molecule has 0 aliphatic rings. The van der Waals surface area contributed by atoms with E-state index in [1.54, 1.807) is 30.3 Å². The van der Waals surface area contributed by atoms with Crippen molar-refractivity contribution in [1.82, 2.24) is 25.1 Å². The van der Waals surface area contributed by atoms with Gasteiger partial charge in [0.25, 0.3) is 0 Å². The summed E-state index contributed by atoms with van der Waals surface area (Å²) in [6.07, 6.45) is 0.393. The maximum absolute atomic E-state index is 11.9. The van der Waals surface area contributed by atoms with Crippen molar-refractivity contribution >= 4 is 29.2 Å². The fraction of sp³-hybridized carbons (Fsp3) is 0.333. The Morgan fingerprint density at radius 3 is 2.88 bits per heavy atom. The highest BCUT2D eigenvalue weighted by atomic mass is 32.1. The molecule has 0 spiro atoms. The Kier molecular flexibility index (Phi) is 5.37. The Hall–Kier alpha value is -3.08. The van der Waals surface area contributed by atoms with Gasteiger partial charge in [-0.1, -0.05) is 5.16 Å². The Morgan fingerprint density at radius 2 is 2.15 bits per heavy atom. The highest BCUT2D eigenvalue weighted by molar-refractivity contribution is 7.08. The predicted molar refractivity (Wildman–Crippen MR) is 94.3 cm³/mol. The van der Waals surface area contributed by atoms with E-state index in [9.17, 15) is 4.79 Å². The number of anilines is 2. The van der Waals surface area contributed by atoms with Crippen LogP contribution in [0.1, 0.15) is 18.1 Å². The molecule has 3 rings (SSSR count). The van der Waals surface area contributed by atoms with E-state index < -0.39 is 5.97 Å². The lowest BCUT2D eigenvalue weighted by molar-refractivity contribution is -0.145. The van der Waals surface area contributed by atoms with E-state index in [1.807, 2.05) is 16.8 Å². The first-order valence-electron chi connectivity index (χ1n) is 7.70. The van der Waals surface area contributed by atoms with Crippen LogP contribution >= 0.6 is 11.3 Å². The number of nitrogen functional groups attached to an aromatic ring is 1. The van der Waals surface area contributed by atoms with Gasteiger partial charge in [-0.15, -0.1) is 0 Å². The molecule has 0 unspecified atom stereocenters. The van der Waals surface area contributed by atoms with Gasteiger partial charge in [0.05, 0.1) is 6.42 Å². The summed E-state index contributed by atoms with van der Waals surface area (Å²) in [6, 6.07) is 1.90. The first kappa shape index (κ1) is 17.7. The third-order valence-corrected chi connectivity index (χ3v) is 3.92. The Morgan fingerprint density at radius 1 is 1.31 bits per heavy atom. The minimum Gasteiger partial charge on any atom is -0.457 e.